The average molecular weight is 133 g/mol. The Labute approximate surface area is 54.4 Å². The highest BCUT2D eigenvalue weighted by Gasteiger charge is 2.23. The normalized spacial score (nSPS) is 23.2. The third kappa shape index (κ3) is 1.37. The summed E-state index contributed by atoms with van der Waals surface area (Å²) in [6, 6.07) is 0. The van der Waals surface area contributed by atoms with Crippen LogP contribution in [0.15, 0.2) is 0 Å². The molecule has 0 unspecified atom stereocenters. The Bertz CT molecular complexity index is 70.1. The maximum absolute atomic E-state index is 5.22. The lowest BCUT2D eigenvalue weighted by molar-refractivity contribution is 0.0550. The van der Waals surface area contributed by atoms with Gasteiger partial charge in [0, 0.05) is 19.3 Å². The van der Waals surface area contributed by atoms with Gasteiger partial charge >= 0.3 is 0 Å². The van der Waals surface area contributed by atoms with Gasteiger partial charge in [0.2, 0.25) is 0 Å². The van der Waals surface area contributed by atoms with E-state index in [9.17, 15) is 0 Å². The Balaban J connectivity index is 1.98. The van der Waals surface area contributed by atoms with Gasteiger partial charge in [-0.25, -0.2) is 0 Å². The number of likely N-dealkylation sites (N-methyl/N-ethyl adjacent to an activating group) is 1. The minimum absolute atomic E-state index is 0.495. The second-order valence-electron chi connectivity index (χ2n) is 2.11. The molecule has 0 spiro atoms. The second-order valence-corrected chi connectivity index (χ2v) is 2.63. The highest BCUT2D eigenvalue weighted by Crippen LogP contribution is 2.12. The Morgan fingerprint density at radius 3 is 2.62 bits per heavy atom. The van der Waals surface area contributed by atoms with Gasteiger partial charge in [-0.05, 0) is 19.1 Å². The molecule has 1 rings (SSSR count). The van der Waals surface area contributed by atoms with E-state index in [1.165, 1.54) is 12.0 Å². The summed E-state index contributed by atoms with van der Waals surface area (Å²) >= 11 is 1.46. The maximum Gasteiger partial charge on any atom is 0.0975 e. The fourth-order valence-corrected chi connectivity index (χ4v) is 1.23. The third-order valence-corrected chi connectivity index (χ3v) is 1.73. The van der Waals surface area contributed by atoms with Crippen LogP contribution in [0.4, 0.5) is 0 Å². The van der Waals surface area contributed by atoms with E-state index in [2.05, 4.69) is 11.9 Å². The molecule has 1 fully saturated rings. The zero-order valence-electron chi connectivity index (χ0n) is 5.26. The van der Waals surface area contributed by atoms with Gasteiger partial charge in [0.1, 0.15) is 0 Å². The highest BCUT2D eigenvalue weighted by molar-refractivity contribution is 7.93. The Morgan fingerprint density at radius 2 is 2.25 bits per heavy atom. The molecule has 3 heteroatoms. The van der Waals surface area contributed by atoms with Crippen molar-refractivity contribution in [2.45, 2.75) is 6.10 Å². The number of hydrogen-bond donors (Lipinski definition) is 0. The van der Waals surface area contributed by atoms with E-state index in [4.69, 9.17) is 4.18 Å². The van der Waals surface area contributed by atoms with Crippen LogP contribution in [0.3, 0.4) is 0 Å². The van der Waals surface area contributed by atoms with E-state index in [-0.39, 0.29) is 0 Å². The molecule has 8 heavy (non-hydrogen) atoms. The molecule has 0 aromatic heterocycles. The first kappa shape index (κ1) is 6.39. The molecule has 1 aliphatic rings. The molecule has 1 saturated heterocycles. The molecule has 0 atom stereocenters. The highest BCUT2D eigenvalue weighted by atomic mass is 32.2. The Morgan fingerprint density at radius 1 is 1.62 bits per heavy atom. The second kappa shape index (κ2) is 2.71. The van der Waals surface area contributed by atoms with Crippen molar-refractivity contribution < 1.29 is 4.18 Å². The number of nitrogens with zero attached hydrogens (tertiary/aromatic N) is 1. The van der Waals surface area contributed by atoms with Gasteiger partial charge in [-0.2, -0.15) is 0 Å². The minimum Gasteiger partial charge on any atom is -0.310 e. The average Bonchev–Trinajstić information content (AvgIpc) is 1.64. The lowest BCUT2D eigenvalue weighted by Gasteiger charge is -2.34. The van der Waals surface area contributed by atoms with Crippen molar-refractivity contribution in [1.29, 1.82) is 0 Å². The minimum atomic E-state index is 0.495. The monoisotopic (exact) mass is 133 g/mol. The zero-order chi connectivity index (χ0) is 5.98. The summed E-state index contributed by atoms with van der Waals surface area (Å²) < 4.78 is 5.22. The summed E-state index contributed by atoms with van der Waals surface area (Å²) in [5, 5.41) is 0. The van der Waals surface area contributed by atoms with Crippen LogP contribution in [0.1, 0.15) is 0 Å². The van der Waals surface area contributed by atoms with Gasteiger partial charge < -0.3 is 9.08 Å². The summed E-state index contributed by atoms with van der Waals surface area (Å²) in [7, 11) is 2.10. The van der Waals surface area contributed by atoms with E-state index >= 15 is 0 Å². The number of rotatable bonds is 2. The van der Waals surface area contributed by atoms with Crippen LogP contribution < -0.4 is 0 Å². The largest absolute Gasteiger partial charge is 0.310 e. The third-order valence-electron chi connectivity index (χ3n) is 1.26. The molecule has 0 amide bonds. The Hall–Kier alpha value is 0.270. The van der Waals surface area contributed by atoms with Crippen LogP contribution in [-0.4, -0.2) is 37.4 Å². The van der Waals surface area contributed by atoms with E-state index < -0.39 is 0 Å². The molecule has 0 bridgehead atoms. The smallest absolute Gasteiger partial charge is 0.0975 e. The Kier molecular flexibility index (Phi) is 2.16. The molecule has 2 nitrogen and oxygen atoms in total. The van der Waals surface area contributed by atoms with Crippen LogP contribution in [0.5, 0.6) is 0 Å². The van der Waals surface area contributed by atoms with Crippen molar-refractivity contribution in [2.75, 3.05) is 26.4 Å². The molecule has 0 aliphatic carbocycles. The fourth-order valence-electron chi connectivity index (χ4n) is 0.839. The number of likely N-dealkylation sites (tertiary alicyclic amines) is 1. The van der Waals surface area contributed by atoms with Gasteiger partial charge in [-0.15, -0.1) is 0 Å². The van der Waals surface area contributed by atoms with Crippen molar-refractivity contribution in [2.24, 2.45) is 0 Å². The van der Waals surface area contributed by atoms with Crippen molar-refractivity contribution in [3.63, 3.8) is 0 Å². The van der Waals surface area contributed by atoms with Crippen LogP contribution in [0.2, 0.25) is 0 Å². The molecule has 0 radical (unpaired) electrons. The summed E-state index contributed by atoms with van der Waals surface area (Å²) in [4.78, 5) is 2.24. The van der Waals surface area contributed by atoms with Gasteiger partial charge in [0.05, 0.1) is 6.10 Å². The quantitative estimate of drug-likeness (QED) is 0.512. The predicted octanol–water partition coefficient (Wildman–Crippen LogP) is 0.595. The first-order chi connectivity index (χ1) is 3.83. The van der Waals surface area contributed by atoms with Crippen LogP contribution in [-0.2, 0) is 4.18 Å². The van der Waals surface area contributed by atoms with E-state index in [1.807, 2.05) is 6.26 Å². The fraction of sp³-hybridized carbons (Fsp3) is 1.00. The van der Waals surface area contributed by atoms with Gasteiger partial charge in [-0.1, -0.05) is 0 Å². The molecule has 1 heterocycles. The van der Waals surface area contributed by atoms with Crippen molar-refractivity contribution >= 4 is 12.0 Å². The van der Waals surface area contributed by atoms with E-state index in [1.54, 1.807) is 0 Å². The van der Waals surface area contributed by atoms with Crippen molar-refractivity contribution in [1.82, 2.24) is 4.90 Å². The zero-order valence-corrected chi connectivity index (χ0v) is 6.07. The molecule has 0 aromatic carbocycles. The first-order valence-corrected chi connectivity index (χ1v) is 3.86. The van der Waals surface area contributed by atoms with Gasteiger partial charge in [0.15, 0.2) is 0 Å². The number of hydrogen-bond acceptors (Lipinski definition) is 3. The summed E-state index contributed by atoms with van der Waals surface area (Å²) in [6.07, 6.45) is 2.45. The van der Waals surface area contributed by atoms with Crippen LogP contribution >= 0.6 is 12.0 Å². The lowest BCUT2D eigenvalue weighted by Crippen LogP contribution is -2.48. The molecule has 0 aromatic rings. The van der Waals surface area contributed by atoms with Crippen molar-refractivity contribution in [3.8, 4) is 0 Å². The van der Waals surface area contributed by atoms with Crippen LogP contribution in [0.25, 0.3) is 0 Å². The molecular formula is C5H11NOS. The van der Waals surface area contributed by atoms with Gasteiger partial charge in [-0.3, -0.25) is 0 Å². The standard InChI is InChI=1S/C5H11NOS/c1-6-3-5(4-6)7-8-2/h5H,3-4H2,1-2H3. The molecule has 1 aliphatic heterocycles. The van der Waals surface area contributed by atoms with Gasteiger partial charge in [0.25, 0.3) is 0 Å². The van der Waals surface area contributed by atoms with E-state index in [0.29, 0.717) is 6.10 Å². The molecule has 0 saturated carbocycles. The maximum atomic E-state index is 5.22. The topological polar surface area (TPSA) is 12.5 Å². The van der Waals surface area contributed by atoms with E-state index in [0.717, 1.165) is 13.1 Å². The first-order valence-electron chi connectivity index (χ1n) is 2.71. The van der Waals surface area contributed by atoms with Crippen molar-refractivity contribution in [3.05, 3.63) is 0 Å². The summed E-state index contributed by atoms with van der Waals surface area (Å²) in [5.74, 6) is 0. The summed E-state index contributed by atoms with van der Waals surface area (Å²) in [6.45, 7) is 2.20. The molecular weight excluding hydrogens is 122 g/mol. The predicted molar refractivity (Wildman–Crippen MR) is 35.9 cm³/mol. The molecule has 0 N–H and O–H groups in total. The molecule has 48 valence electrons. The lowest BCUT2D eigenvalue weighted by atomic mass is 10.2. The van der Waals surface area contributed by atoms with Crippen LogP contribution in [0, 0.1) is 0 Å². The SMILES string of the molecule is CSOC1CN(C)C1. The summed E-state index contributed by atoms with van der Waals surface area (Å²) in [5.41, 5.74) is 0.